The summed E-state index contributed by atoms with van der Waals surface area (Å²) in [6.45, 7) is 4.68. The van der Waals surface area contributed by atoms with Crippen molar-refractivity contribution in [2.45, 2.75) is 97.0 Å². The van der Waals surface area contributed by atoms with Crippen molar-refractivity contribution in [3.05, 3.63) is 12.2 Å². The van der Waals surface area contributed by atoms with Crippen LogP contribution in [0.4, 0.5) is 0 Å². The second kappa shape index (κ2) is 19.0. The van der Waals surface area contributed by atoms with Crippen LogP contribution in [-0.4, -0.2) is 31.7 Å². The lowest BCUT2D eigenvalue weighted by Gasteiger charge is -2.19. The number of allylic oxidation sites excluding steroid dienone is 1. The normalized spacial score (nSPS) is 14.3. The number of unbranched alkanes of at least 4 members (excludes halogenated alkanes) is 11. The third-order valence-electron chi connectivity index (χ3n) is 4.53. The predicted octanol–water partition coefficient (Wildman–Crippen LogP) is 5.86. The van der Waals surface area contributed by atoms with Gasteiger partial charge in [-0.3, -0.25) is 0 Å². The Hall–Kier alpha value is -0.380. The smallest absolute Gasteiger partial charge is 0.147 e. The van der Waals surface area contributed by atoms with Gasteiger partial charge in [0.15, 0.2) is 0 Å². The third-order valence-corrected chi connectivity index (χ3v) is 4.53. The summed E-state index contributed by atoms with van der Waals surface area (Å²) < 4.78 is 10.5. The van der Waals surface area contributed by atoms with Gasteiger partial charge in [0.05, 0.1) is 6.10 Å². The highest BCUT2D eigenvalue weighted by Crippen LogP contribution is 2.13. The molecular weight excluding hydrogens is 300 g/mol. The lowest BCUT2D eigenvalue weighted by Crippen LogP contribution is -2.23. The number of aliphatic hydroxyl groups excluding tert-OH is 1. The van der Waals surface area contributed by atoms with E-state index in [1.807, 2.05) is 6.92 Å². The van der Waals surface area contributed by atoms with E-state index in [9.17, 15) is 5.11 Å². The maximum atomic E-state index is 9.25. The molecule has 0 aromatic heterocycles. The fourth-order valence-corrected chi connectivity index (χ4v) is 2.82. The monoisotopic (exact) mass is 342 g/mol. The summed E-state index contributed by atoms with van der Waals surface area (Å²) in [6.07, 6.45) is 20.5. The van der Waals surface area contributed by atoms with Crippen molar-refractivity contribution < 1.29 is 14.6 Å². The van der Waals surface area contributed by atoms with E-state index in [1.165, 1.54) is 70.6 Å². The Morgan fingerprint density at radius 3 is 1.92 bits per heavy atom. The molecule has 0 aliphatic carbocycles. The Kier molecular flexibility index (Phi) is 18.7. The van der Waals surface area contributed by atoms with Crippen LogP contribution in [0.5, 0.6) is 0 Å². The molecule has 0 aromatic carbocycles. The third kappa shape index (κ3) is 15.2. The molecule has 0 aliphatic rings. The van der Waals surface area contributed by atoms with E-state index in [0.717, 1.165) is 6.42 Å². The minimum absolute atomic E-state index is 0.0531. The zero-order valence-electron chi connectivity index (χ0n) is 16.5. The molecule has 0 aromatic rings. The molecule has 0 saturated carbocycles. The van der Waals surface area contributed by atoms with Crippen molar-refractivity contribution in [1.82, 2.24) is 0 Å². The molecule has 2 atom stereocenters. The van der Waals surface area contributed by atoms with Crippen LogP contribution >= 0.6 is 0 Å². The lowest BCUT2D eigenvalue weighted by atomic mass is 10.0. The molecule has 0 unspecified atom stereocenters. The number of hydrogen-bond acceptors (Lipinski definition) is 3. The van der Waals surface area contributed by atoms with Crippen LogP contribution in [0.3, 0.4) is 0 Å². The molecule has 0 aliphatic heterocycles. The largest absolute Gasteiger partial charge is 0.396 e. The van der Waals surface area contributed by atoms with Crippen LogP contribution in [0.1, 0.15) is 90.9 Å². The maximum absolute atomic E-state index is 9.25. The maximum Gasteiger partial charge on any atom is 0.147 e. The summed E-state index contributed by atoms with van der Waals surface area (Å²) in [5, 5.41) is 9.25. The van der Waals surface area contributed by atoms with Gasteiger partial charge in [0, 0.05) is 19.6 Å². The van der Waals surface area contributed by atoms with Crippen LogP contribution in [0, 0.1) is 5.92 Å². The Morgan fingerprint density at radius 2 is 1.42 bits per heavy atom. The molecule has 144 valence electrons. The quantitative estimate of drug-likeness (QED) is 0.192. The zero-order valence-corrected chi connectivity index (χ0v) is 16.5. The summed E-state index contributed by atoms with van der Waals surface area (Å²) in [5.41, 5.74) is 0. The molecule has 0 radical (unpaired) electrons. The molecule has 0 saturated heterocycles. The van der Waals surface area contributed by atoms with Crippen molar-refractivity contribution in [2.24, 2.45) is 5.92 Å². The number of rotatable bonds is 18. The molecule has 24 heavy (non-hydrogen) atoms. The van der Waals surface area contributed by atoms with Gasteiger partial charge in [-0.1, -0.05) is 90.2 Å². The van der Waals surface area contributed by atoms with E-state index in [4.69, 9.17) is 9.47 Å². The first-order valence-electron chi connectivity index (χ1n) is 10.1. The molecule has 0 rings (SSSR count). The molecule has 3 heteroatoms. The fraction of sp³-hybridized carbons (Fsp3) is 0.905. The van der Waals surface area contributed by atoms with Crippen LogP contribution in [0.25, 0.3) is 0 Å². The SMILES string of the molecule is CCCCCCCCCCCCC/C=C/[C@@H](OCOC)[C@@H](C)CO. The van der Waals surface area contributed by atoms with Crippen molar-refractivity contribution in [1.29, 1.82) is 0 Å². The van der Waals surface area contributed by atoms with Gasteiger partial charge in [0.25, 0.3) is 0 Å². The highest BCUT2D eigenvalue weighted by molar-refractivity contribution is 4.92. The molecule has 3 nitrogen and oxygen atoms in total. The average Bonchev–Trinajstić information content (AvgIpc) is 2.60. The van der Waals surface area contributed by atoms with E-state index in [0.29, 0.717) is 0 Å². The van der Waals surface area contributed by atoms with Crippen LogP contribution in [0.15, 0.2) is 12.2 Å². The van der Waals surface area contributed by atoms with Gasteiger partial charge in [-0.15, -0.1) is 0 Å². The molecule has 0 spiro atoms. The Labute approximate surface area is 150 Å². The summed E-state index contributed by atoms with van der Waals surface area (Å²) in [7, 11) is 1.62. The lowest BCUT2D eigenvalue weighted by molar-refractivity contribution is -0.0765. The minimum Gasteiger partial charge on any atom is -0.396 e. The Morgan fingerprint density at radius 1 is 0.875 bits per heavy atom. The summed E-state index contributed by atoms with van der Waals surface area (Å²) in [4.78, 5) is 0. The standard InChI is InChI=1S/C21H42O3/c1-4-5-6-7-8-9-10-11-12-13-14-15-16-17-21(20(2)18-22)24-19-23-3/h16-17,20-22H,4-15,18-19H2,1-3H3/b17-16+/t20-,21+/m0/s1. The van der Waals surface area contributed by atoms with Gasteiger partial charge in [0.1, 0.15) is 6.79 Å². The van der Waals surface area contributed by atoms with Crippen LogP contribution < -0.4 is 0 Å². The number of methoxy groups -OCH3 is 1. The van der Waals surface area contributed by atoms with Gasteiger partial charge in [-0.25, -0.2) is 0 Å². The van der Waals surface area contributed by atoms with Crippen LogP contribution in [-0.2, 0) is 9.47 Å². The van der Waals surface area contributed by atoms with E-state index < -0.39 is 0 Å². The van der Waals surface area contributed by atoms with Gasteiger partial charge in [0.2, 0.25) is 0 Å². The minimum atomic E-state index is -0.0531. The van der Waals surface area contributed by atoms with Gasteiger partial charge >= 0.3 is 0 Å². The van der Waals surface area contributed by atoms with Crippen molar-refractivity contribution in [2.75, 3.05) is 20.5 Å². The molecule has 0 amide bonds. The molecule has 0 fully saturated rings. The Bertz CT molecular complexity index is 266. The Balaban J connectivity index is 3.49. The highest BCUT2D eigenvalue weighted by Gasteiger charge is 2.13. The first-order chi connectivity index (χ1) is 11.8. The van der Waals surface area contributed by atoms with E-state index in [2.05, 4.69) is 19.1 Å². The number of ether oxygens (including phenoxy) is 2. The first-order valence-corrected chi connectivity index (χ1v) is 10.1. The van der Waals surface area contributed by atoms with Crippen LogP contribution in [0.2, 0.25) is 0 Å². The molecule has 0 heterocycles. The number of aliphatic hydroxyl groups is 1. The summed E-state index contributed by atoms with van der Waals surface area (Å²) in [5.74, 6) is 0.105. The molecule has 0 bridgehead atoms. The highest BCUT2D eigenvalue weighted by atomic mass is 16.7. The average molecular weight is 343 g/mol. The zero-order chi connectivity index (χ0) is 17.9. The van der Waals surface area contributed by atoms with E-state index in [1.54, 1.807) is 7.11 Å². The summed E-state index contributed by atoms with van der Waals surface area (Å²) in [6, 6.07) is 0. The second-order valence-electron chi connectivity index (χ2n) is 6.95. The van der Waals surface area contributed by atoms with Crippen molar-refractivity contribution in [3.63, 3.8) is 0 Å². The first kappa shape index (κ1) is 23.6. The number of hydrogen-bond donors (Lipinski definition) is 1. The van der Waals surface area contributed by atoms with E-state index >= 15 is 0 Å². The van der Waals surface area contributed by atoms with Gasteiger partial charge in [-0.05, 0) is 12.8 Å². The van der Waals surface area contributed by atoms with Gasteiger partial charge < -0.3 is 14.6 Å². The second-order valence-corrected chi connectivity index (χ2v) is 6.95. The summed E-state index contributed by atoms with van der Waals surface area (Å²) >= 11 is 0. The fourth-order valence-electron chi connectivity index (χ4n) is 2.82. The van der Waals surface area contributed by atoms with Crippen molar-refractivity contribution in [3.8, 4) is 0 Å². The molecule has 1 N–H and O–H groups in total. The van der Waals surface area contributed by atoms with E-state index in [-0.39, 0.29) is 25.4 Å². The topological polar surface area (TPSA) is 38.7 Å². The van der Waals surface area contributed by atoms with Crippen molar-refractivity contribution >= 4 is 0 Å². The van der Waals surface area contributed by atoms with Gasteiger partial charge in [-0.2, -0.15) is 0 Å². The molecular formula is C21H42O3. The predicted molar refractivity (Wildman–Crippen MR) is 103 cm³/mol.